The molecule has 334 valence electrons. The largest absolute Gasteiger partial charge is 0.394 e. The Bertz CT molecular complexity index is 847. The molecule has 0 radical (unpaired) electrons. The van der Waals surface area contributed by atoms with Gasteiger partial charge in [-0.3, -0.25) is 4.79 Å². The molecule has 1 fully saturated rings. The molecular formula is C47H93NO8. The van der Waals surface area contributed by atoms with Crippen LogP contribution in [0.4, 0.5) is 0 Å². The molecule has 56 heavy (non-hydrogen) atoms. The predicted molar refractivity (Wildman–Crippen MR) is 231 cm³/mol. The molecule has 9 heteroatoms. The fourth-order valence-electron chi connectivity index (χ4n) is 8.04. The van der Waals surface area contributed by atoms with Gasteiger partial charge in [-0.1, -0.05) is 219 Å². The van der Waals surface area contributed by atoms with Crippen molar-refractivity contribution in [2.75, 3.05) is 13.2 Å². The molecule has 1 rings (SSSR count). The first kappa shape index (κ1) is 53.2. The highest BCUT2D eigenvalue weighted by molar-refractivity contribution is 5.76. The SMILES string of the molecule is CCCCCCCCCCCCCCCCCCCCCCCCCCCCC(O)C(COC1OC(CO)C(O)C(O)C1O)NC(=O)CCCCCCCCC. The number of aliphatic hydroxyl groups is 5. The monoisotopic (exact) mass is 800 g/mol. The number of amides is 1. The number of hydrogen-bond donors (Lipinski definition) is 6. The summed E-state index contributed by atoms with van der Waals surface area (Å²) in [5.74, 6) is -0.148. The van der Waals surface area contributed by atoms with Gasteiger partial charge >= 0.3 is 0 Å². The van der Waals surface area contributed by atoms with E-state index in [1.54, 1.807) is 0 Å². The molecule has 7 atom stereocenters. The number of carbonyl (C=O) groups excluding carboxylic acids is 1. The van der Waals surface area contributed by atoms with Crippen molar-refractivity contribution in [2.24, 2.45) is 0 Å². The number of hydrogen-bond acceptors (Lipinski definition) is 8. The standard InChI is InChI=1S/C47H93NO8/c1-3-5-7-9-11-12-13-14-15-16-17-18-19-20-21-22-23-24-25-26-27-28-29-31-32-34-36-41(50)40(48-43(51)37-35-33-30-10-8-6-4-2)39-55-47-46(54)45(53)44(52)42(38-49)56-47/h40-42,44-47,49-50,52-54H,3-39H2,1-2H3,(H,48,51). The topological polar surface area (TPSA) is 149 Å². The highest BCUT2D eigenvalue weighted by Crippen LogP contribution is 2.23. The van der Waals surface area contributed by atoms with Crippen LogP contribution in [0.1, 0.15) is 239 Å². The van der Waals surface area contributed by atoms with Crippen LogP contribution in [0.3, 0.4) is 0 Å². The van der Waals surface area contributed by atoms with E-state index in [1.165, 1.54) is 173 Å². The Kier molecular flexibility index (Phi) is 36.5. The molecule has 1 aliphatic heterocycles. The van der Waals surface area contributed by atoms with Crippen LogP contribution >= 0.6 is 0 Å². The van der Waals surface area contributed by atoms with E-state index in [0.29, 0.717) is 12.8 Å². The summed E-state index contributed by atoms with van der Waals surface area (Å²) < 4.78 is 11.2. The number of carbonyl (C=O) groups is 1. The molecule has 1 saturated heterocycles. The fraction of sp³-hybridized carbons (Fsp3) is 0.979. The maximum absolute atomic E-state index is 12.8. The summed E-state index contributed by atoms with van der Waals surface area (Å²) in [5, 5.41) is 54.2. The molecule has 0 aromatic rings. The smallest absolute Gasteiger partial charge is 0.220 e. The minimum atomic E-state index is -1.55. The number of aliphatic hydroxyl groups excluding tert-OH is 5. The van der Waals surface area contributed by atoms with E-state index in [4.69, 9.17) is 9.47 Å². The zero-order chi connectivity index (χ0) is 40.9. The Morgan fingerprint density at radius 3 is 1.27 bits per heavy atom. The lowest BCUT2D eigenvalue weighted by Crippen LogP contribution is -2.60. The molecule has 1 amide bonds. The van der Waals surface area contributed by atoms with Gasteiger partial charge in [0, 0.05) is 6.42 Å². The first-order valence-corrected chi connectivity index (χ1v) is 24.2. The first-order chi connectivity index (χ1) is 27.3. The van der Waals surface area contributed by atoms with Crippen molar-refractivity contribution in [3.8, 4) is 0 Å². The Morgan fingerprint density at radius 2 is 0.893 bits per heavy atom. The summed E-state index contributed by atoms with van der Waals surface area (Å²) >= 11 is 0. The van der Waals surface area contributed by atoms with Crippen LogP contribution in [0, 0.1) is 0 Å². The lowest BCUT2D eigenvalue weighted by molar-refractivity contribution is -0.302. The molecule has 0 aliphatic carbocycles. The molecule has 6 N–H and O–H groups in total. The van der Waals surface area contributed by atoms with Crippen molar-refractivity contribution in [3.05, 3.63) is 0 Å². The number of ether oxygens (including phenoxy) is 2. The average molecular weight is 800 g/mol. The van der Waals surface area contributed by atoms with Crippen molar-refractivity contribution in [1.29, 1.82) is 0 Å². The van der Waals surface area contributed by atoms with Gasteiger partial charge in [0.25, 0.3) is 0 Å². The van der Waals surface area contributed by atoms with Crippen LogP contribution in [0.15, 0.2) is 0 Å². The van der Waals surface area contributed by atoms with Crippen molar-refractivity contribution >= 4 is 5.91 Å². The lowest BCUT2D eigenvalue weighted by atomic mass is 9.99. The van der Waals surface area contributed by atoms with Gasteiger partial charge in [-0.15, -0.1) is 0 Å². The Balaban J connectivity index is 2.13. The maximum Gasteiger partial charge on any atom is 0.220 e. The molecule has 0 aromatic carbocycles. The minimum Gasteiger partial charge on any atom is -0.394 e. The summed E-state index contributed by atoms with van der Waals surface area (Å²) in [4.78, 5) is 12.8. The predicted octanol–water partition coefficient (Wildman–Crippen LogP) is 10.3. The fourth-order valence-corrected chi connectivity index (χ4v) is 8.04. The summed E-state index contributed by atoms with van der Waals surface area (Å²) in [6, 6.07) is -0.710. The summed E-state index contributed by atoms with van der Waals surface area (Å²) in [5.41, 5.74) is 0. The molecule has 7 unspecified atom stereocenters. The normalized spacial score (nSPS) is 21.0. The highest BCUT2D eigenvalue weighted by atomic mass is 16.7. The zero-order valence-electron chi connectivity index (χ0n) is 36.7. The third-order valence-corrected chi connectivity index (χ3v) is 12.0. The molecule has 0 bridgehead atoms. The van der Waals surface area contributed by atoms with Gasteiger partial charge in [0.05, 0.1) is 25.4 Å². The molecule has 0 spiro atoms. The van der Waals surface area contributed by atoms with Gasteiger partial charge in [-0.2, -0.15) is 0 Å². The van der Waals surface area contributed by atoms with Crippen LogP contribution < -0.4 is 5.32 Å². The van der Waals surface area contributed by atoms with Gasteiger partial charge in [0.2, 0.25) is 5.91 Å². The number of nitrogens with one attached hydrogen (secondary N) is 1. The van der Waals surface area contributed by atoms with Crippen molar-refractivity contribution in [3.63, 3.8) is 0 Å². The molecule has 1 aliphatic rings. The maximum atomic E-state index is 12.8. The lowest BCUT2D eigenvalue weighted by Gasteiger charge is -2.40. The molecule has 9 nitrogen and oxygen atoms in total. The average Bonchev–Trinajstić information content (AvgIpc) is 3.20. The minimum absolute atomic E-state index is 0.133. The van der Waals surface area contributed by atoms with Gasteiger partial charge in [0.1, 0.15) is 24.4 Å². The van der Waals surface area contributed by atoms with Crippen LogP contribution in [-0.2, 0) is 14.3 Å². The third kappa shape index (κ3) is 28.6. The summed E-state index contributed by atoms with van der Waals surface area (Å²) in [6.45, 7) is 3.80. The quantitative estimate of drug-likeness (QED) is 0.0335. The van der Waals surface area contributed by atoms with Crippen molar-refractivity contribution < 1.29 is 39.8 Å². The third-order valence-electron chi connectivity index (χ3n) is 12.0. The Labute approximate surface area is 344 Å². The van der Waals surface area contributed by atoms with Crippen LogP contribution in [0.2, 0.25) is 0 Å². The van der Waals surface area contributed by atoms with Gasteiger partial charge < -0.3 is 40.3 Å². The van der Waals surface area contributed by atoms with Gasteiger partial charge in [0.15, 0.2) is 6.29 Å². The molecule has 0 saturated carbocycles. The van der Waals surface area contributed by atoms with E-state index in [1.807, 2.05) is 0 Å². The van der Waals surface area contributed by atoms with Gasteiger partial charge in [-0.25, -0.2) is 0 Å². The van der Waals surface area contributed by atoms with Crippen molar-refractivity contribution in [2.45, 2.75) is 281 Å². The first-order valence-electron chi connectivity index (χ1n) is 24.2. The Morgan fingerprint density at radius 1 is 0.536 bits per heavy atom. The van der Waals surface area contributed by atoms with Crippen molar-refractivity contribution in [1.82, 2.24) is 5.32 Å². The van der Waals surface area contributed by atoms with E-state index < -0.39 is 49.5 Å². The second-order valence-corrected chi connectivity index (χ2v) is 17.3. The second-order valence-electron chi connectivity index (χ2n) is 17.3. The Hall–Kier alpha value is -0.810. The van der Waals surface area contributed by atoms with Crippen LogP contribution in [-0.4, -0.2) is 87.5 Å². The van der Waals surface area contributed by atoms with E-state index in [-0.39, 0.29) is 12.5 Å². The number of unbranched alkanes of at least 4 members (excludes halogenated alkanes) is 31. The van der Waals surface area contributed by atoms with E-state index in [9.17, 15) is 30.3 Å². The van der Waals surface area contributed by atoms with E-state index >= 15 is 0 Å². The summed E-state index contributed by atoms with van der Waals surface area (Å²) in [6.07, 6.45) is 35.8. The van der Waals surface area contributed by atoms with Crippen LogP contribution in [0.25, 0.3) is 0 Å². The van der Waals surface area contributed by atoms with E-state index in [2.05, 4.69) is 19.2 Å². The zero-order valence-corrected chi connectivity index (χ0v) is 36.7. The second kappa shape index (κ2) is 38.4. The summed E-state index contributed by atoms with van der Waals surface area (Å²) in [7, 11) is 0. The molecular weight excluding hydrogens is 707 g/mol. The molecule has 0 aromatic heterocycles. The molecule has 1 heterocycles. The van der Waals surface area contributed by atoms with E-state index in [0.717, 1.165) is 38.5 Å². The number of rotatable bonds is 41. The van der Waals surface area contributed by atoms with Gasteiger partial charge in [-0.05, 0) is 12.8 Å². The highest BCUT2D eigenvalue weighted by Gasteiger charge is 2.44. The van der Waals surface area contributed by atoms with Crippen LogP contribution in [0.5, 0.6) is 0 Å².